The quantitative estimate of drug-likeness (QED) is 0.156. The molecule has 2 aromatic carbocycles. The van der Waals surface area contributed by atoms with E-state index in [1.54, 1.807) is 0 Å². The van der Waals surface area contributed by atoms with Crippen molar-refractivity contribution in [1.29, 1.82) is 0 Å². The Hall–Kier alpha value is -3.51. The van der Waals surface area contributed by atoms with Gasteiger partial charge in [0.1, 0.15) is 70.9 Å². The first-order valence-corrected chi connectivity index (χ1v) is 12.4. The number of aliphatic hydroxyl groups is 6. The summed E-state index contributed by atoms with van der Waals surface area (Å²) < 4.78 is 27.4. The average molecular weight is 580 g/mol. The number of hydrogen-bond donors (Lipinski definition) is 9. The van der Waals surface area contributed by atoms with Crippen LogP contribution in [0.5, 0.6) is 23.0 Å². The Morgan fingerprint density at radius 1 is 0.854 bits per heavy atom. The third kappa shape index (κ3) is 5.42. The maximum atomic E-state index is 12.8. The minimum absolute atomic E-state index is 0.0567. The first-order valence-electron chi connectivity index (χ1n) is 12.4. The van der Waals surface area contributed by atoms with Gasteiger partial charge in [-0.3, -0.25) is 4.79 Å². The summed E-state index contributed by atoms with van der Waals surface area (Å²) in [6.07, 6.45) is -14.2. The molecule has 15 heteroatoms. The molecule has 2 fully saturated rings. The highest BCUT2D eigenvalue weighted by Crippen LogP contribution is 2.36. The molecule has 0 aliphatic carbocycles. The van der Waals surface area contributed by atoms with Gasteiger partial charge in [0.15, 0.2) is 12.1 Å². The van der Waals surface area contributed by atoms with Crippen molar-refractivity contribution in [3.05, 3.63) is 46.6 Å². The lowest BCUT2D eigenvalue weighted by atomic mass is 9.99. The van der Waals surface area contributed by atoms with Gasteiger partial charge in [-0.05, 0) is 24.3 Å². The van der Waals surface area contributed by atoms with Gasteiger partial charge in [0.25, 0.3) is 0 Å². The van der Waals surface area contributed by atoms with Crippen molar-refractivity contribution in [3.8, 4) is 34.3 Å². The van der Waals surface area contributed by atoms with E-state index in [1.165, 1.54) is 30.3 Å². The molecular weight excluding hydrogens is 552 g/mol. The van der Waals surface area contributed by atoms with Gasteiger partial charge in [-0.15, -0.1) is 0 Å². The van der Waals surface area contributed by atoms with Crippen LogP contribution in [0.3, 0.4) is 0 Å². The van der Waals surface area contributed by atoms with Crippen LogP contribution in [-0.2, 0) is 14.2 Å². The van der Waals surface area contributed by atoms with Crippen molar-refractivity contribution in [3.63, 3.8) is 0 Å². The second-order valence-corrected chi connectivity index (χ2v) is 9.64. The molecule has 2 aliphatic heterocycles. The SMILES string of the molecule is O=c1c(O)c(-c2ccc(O)cc2)oc2cc(OC3OCC(OC4OC(CO)C(O)C(O)C4O)C(O)C3O)cc(O)c12. The molecule has 41 heavy (non-hydrogen) atoms. The summed E-state index contributed by atoms with van der Waals surface area (Å²) in [5.74, 6) is -1.83. The lowest BCUT2D eigenvalue weighted by molar-refractivity contribution is -0.338. The molecule has 1 aromatic heterocycles. The van der Waals surface area contributed by atoms with Crippen LogP contribution >= 0.6 is 0 Å². The van der Waals surface area contributed by atoms with Crippen molar-refractivity contribution >= 4 is 11.0 Å². The number of phenolic OH excluding ortho intramolecular Hbond substituents is 2. The van der Waals surface area contributed by atoms with Crippen LogP contribution < -0.4 is 10.2 Å². The van der Waals surface area contributed by atoms with E-state index in [4.69, 9.17) is 23.4 Å². The molecule has 3 aromatic rings. The van der Waals surface area contributed by atoms with Crippen molar-refractivity contribution in [2.75, 3.05) is 13.2 Å². The zero-order chi connectivity index (χ0) is 29.6. The molecule has 0 spiro atoms. The highest BCUT2D eigenvalue weighted by molar-refractivity contribution is 5.88. The number of phenols is 2. The highest BCUT2D eigenvalue weighted by atomic mass is 16.7. The predicted molar refractivity (Wildman–Crippen MR) is 134 cm³/mol. The molecule has 9 unspecified atom stereocenters. The summed E-state index contributed by atoms with van der Waals surface area (Å²) in [5.41, 5.74) is -0.874. The van der Waals surface area contributed by atoms with Crippen LogP contribution in [0.2, 0.25) is 0 Å². The number of fused-ring (bicyclic) bond motifs is 1. The fourth-order valence-corrected chi connectivity index (χ4v) is 4.62. The summed E-state index contributed by atoms with van der Waals surface area (Å²) in [5, 5.41) is 90.6. The van der Waals surface area contributed by atoms with E-state index in [0.717, 1.165) is 6.07 Å². The van der Waals surface area contributed by atoms with Gasteiger partial charge >= 0.3 is 0 Å². The zero-order valence-electron chi connectivity index (χ0n) is 21.0. The van der Waals surface area contributed by atoms with Gasteiger partial charge in [-0.1, -0.05) is 0 Å². The van der Waals surface area contributed by atoms with Crippen molar-refractivity contribution in [1.82, 2.24) is 0 Å². The predicted octanol–water partition coefficient (Wildman–Crippen LogP) is -1.78. The molecule has 9 atom stereocenters. The molecule has 2 saturated heterocycles. The Bertz CT molecular complexity index is 1440. The summed E-state index contributed by atoms with van der Waals surface area (Å²) in [6.45, 7) is -1.10. The van der Waals surface area contributed by atoms with Crippen molar-refractivity contribution < 1.29 is 69.3 Å². The molecule has 0 saturated carbocycles. The minimum atomic E-state index is -1.75. The highest BCUT2D eigenvalue weighted by Gasteiger charge is 2.48. The second-order valence-electron chi connectivity index (χ2n) is 9.64. The summed E-state index contributed by atoms with van der Waals surface area (Å²) >= 11 is 0. The van der Waals surface area contributed by atoms with E-state index in [2.05, 4.69) is 0 Å². The van der Waals surface area contributed by atoms with Gasteiger partial charge in [0.05, 0.1) is 13.2 Å². The zero-order valence-corrected chi connectivity index (χ0v) is 21.0. The number of aromatic hydroxyl groups is 3. The maximum absolute atomic E-state index is 12.8. The molecule has 0 radical (unpaired) electrons. The van der Waals surface area contributed by atoms with Crippen LogP contribution in [0.15, 0.2) is 45.6 Å². The fourth-order valence-electron chi connectivity index (χ4n) is 4.62. The number of hydrogen-bond acceptors (Lipinski definition) is 15. The molecule has 2 aliphatic rings. The molecule has 5 rings (SSSR count). The lowest BCUT2D eigenvalue weighted by Crippen LogP contribution is -2.62. The maximum Gasteiger partial charge on any atom is 0.238 e. The van der Waals surface area contributed by atoms with Crippen LogP contribution in [0.25, 0.3) is 22.3 Å². The van der Waals surface area contributed by atoms with Crippen LogP contribution in [-0.4, -0.2) is 114 Å². The van der Waals surface area contributed by atoms with E-state index < -0.39 is 85.4 Å². The van der Waals surface area contributed by atoms with Crippen LogP contribution in [0.1, 0.15) is 0 Å². The third-order valence-electron chi connectivity index (χ3n) is 6.90. The Morgan fingerprint density at radius 2 is 1.54 bits per heavy atom. The Kier molecular flexibility index (Phi) is 8.06. The largest absolute Gasteiger partial charge is 0.508 e. The second kappa shape index (κ2) is 11.4. The van der Waals surface area contributed by atoms with Gasteiger partial charge in [0, 0.05) is 17.7 Å². The Balaban J connectivity index is 1.34. The van der Waals surface area contributed by atoms with E-state index in [0.29, 0.717) is 0 Å². The molecule has 222 valence electrons. The van der Waals surface area contributed by atoms with Crippen LogP contribution in [0.4, 0.5) is 0 Å². The smallest absolute Gasteiger partial charge is 0.238 e. The van der Waals surface area contributed by atoms with Gasteiger partial charge in [0.2, 0.25) is 17.5 Å². The molecule has 0 bridgehead atoms. The van der Waals surface area contributed by atoms with E-state index in [1.807, 2.05) is 0 Å². The molecule has 0 amide bonds. The average Bonchev–Trinajstić information content (AvgIpc) is 2.95. The van der Waals surface area contributed by atoms with Crippen LogP contribution in [0, 0.1) is 0 Å². The first kappa shape index (κ1) is 29.0. The number of ether oxygens (including phenoxy) is 4. The molecule has 15 nitrogen and oxygen atoms in total. The normalized spacial score (nSPS) is 32.2. The van der Waals surface area contributed by atoms with E-state index >= 15 is 0 Å². The molecular formula is C26H28O15. The summed E-state index contributed by atoms with van der Waals surface area (Å²) in [6, 6.07) is 7.64. The Morgan fingerprint density at radius 3 is 2.22 bits per heavy atom. The number of aliphatic hydroxyl groups excluding tert-OH is 6. The summed E-state index contributed by atoms with van der Waals surface area (Å²) in [7, 11) is 0. The van der Waals surface area contributed by atoms with Gasteiger partial charge in [-0.2, -0.15) is 0 Å². The van der Waals surface area contributed by atoms with E-state index in [9.17, 15) is 50.8 Å². The number of benzene rings is 2. The molecule has 3 heterocycles. The van der Waals surface area contributed by atoms with Gasteiger partial charge < -0.3 is 69.3 Å². The third-order valence-corrected chi connectivity index (χ3v) is 6.90. The fraction of sp³-hybridized carbons (Fsp3) is 0.423. The standard InChI is InChI=1S/C26H28O15/c27-7-14-17(30)20(33)23(36)26(40-14)41-15-8-37-25(22(35)18(15)31)38-11-5-12(29)16-13(6-11)39-24(21(34)19(16)32)9-1-3-10(28)4-2-9/h1-6,14-15,17-18,20,22-23,25-31,33-36H,7-8H2. The Labute approximate surface area is 230 Å². The van der Waals surface area contributed by atoms with Gasteiger partial charge in [-0.25, -0.2) is 0 Å². The summed E-state index contributed by atoms with van der Waals surface area (Å²) in [4.78, 5) is 12.8. The van der Waals surface area contributed by atoms with Crippen molar-refractivity contribution in [2.45, 2.75) is 55.3 Å². The molecule has 9 N–H and O–H groups in total. The van der Waals surface area contributed by atoms with E-state index in [-0.39, 0.29) is 33.8 Å². The monoisotopic (exact) mass is 580 g/mol. The first-order chi connectivity index (χ1) is 19.5. The lowest BCUT2D eigenvalue weighted by Gasteiger charge is -2.43. The minimum Gasteiger partial charge on any atom is -0.508 e. The number of rotatable bonds is 6. The topological polar surface area (TPSA) is 249 Å². The van der Waals surface area contributed by atoms with Crippen molar-refractivity contribution in [2.24, 2.45) is 0 Å².